The first kappa shape index (κ1) is 13.5. The highest BCUT2D eigenvalue weighted by Crippen LogP contribution is 2.30. The molecule has 1 fully saturated rings. The van der Waals surface area contributed by atoms with Crippen molar-refractivity contribution < 1.29 is 14.0 Å². The van der Waals surface area contributed by atoms with Gasteiger partial charge in [0.2, 0.25) is 5.91 Å². The quantitative estimate of drug-likeness (QED) is 0.879. The molecule has 0 spiro atoms. The van der Waals surface area contributed by atoms with Crippen LogP contribution < -0.4 is 5.73 Å². The van der Waals surface area contributed by atoms with Crippen LogP contribution in [0.15, 0.2) is 18.2 Å². The fourth-order valence-corrected chi connectivity index (χ4v) is 2.31. The van der Waals surface area contributed by atoms with Gasteiger partial charge in [-0.3, -0.25) is 9.59 Å². The lowest BCUT2D eigenvalue weighted by molar-refractivity contribution is -0.126. The van der Waals surface area contributed by atoms with Crippen LogP contribution in [0, 0.1) is 18.2 Å². The van der Waals surface area contributed by atoms with E-state index in [9.17, 15) is 14.0 Å². The van der Waals surface area contributed by atoms with Gasteiger partial charge in [0, 0.05) is 13.1 Å². The molecule has 1 aromatic rings. The van der Waals surface area contributed by atoms with Crippen molar-refractivity contribution in [2.45, 2.75) is 20.3 Å². The Bertz CT molecular complexity index is 544. The summed E-state index contributed by atoms with van der Waals surface area (Å²) in [4.78, 5) is 25.1. The Balaban J connectivity index is 2.22. The Hall–Kier alpha value is -1.91. The second-order valence-corrected chi connectivity index (χ2v) is 5.38. The molecular formula is C14H17FN2O2. The fourth-order valence-electron chi connectivity index (χ4n) is 2.31. The number of primary amides is 1. The van der Waals surface area contributed by atoms with Gasteiger partial charge in [-0.15, -0.1) is 0 Å². The zero-order valence-corrected chi connectivity index (χ0v) is 11.1. The molecule has 1 atom stereocenters. The third kappa shape index (κ3) is 2.45. The summed E-state index contributed by atoms with van der Waals surface area (Å²) in [5, 5.41) is 0. The number of carbonyl (C=O) groups is 2. The lowest BCUT2D eigenvalue weighted by atomic mass is 9.89. The molecule has 102 valence electrons. The van der Waals surface area contributed by atoms with E-state index in [1.807, 2.05) is 0 Å². The van der Waals surface area contributed by atoms with Gasteiger partial charge in [-0.1, -0.05) is 11.6 Å². The van der Waals surface area contributed by atoms with Gasteiger partial charge in [0.1, 0.15) is 5.82 Å². The number of halogens is 1. The van der Waals surface area contributed by atoms with Gasteiger partial charge in [-0.2, -0.15) is 0 Å². The normalized spacial score (nSPS) is 22.6. The first-order valence-corrected chi connectivity index (χ1v) is 6.19. The lowest BCUT2D eigenvalue weighted by Crippen LogP contribution is -2.38. The molecule has 0 radical (unpaired) electrons. The van der Waals surface area contributed by atoms with Crippen molar-refractivity contribution >= 4 is 11.8 Å². The molecule has 2 amide bonds. The van der Waals surface area contributed by atoms with Gasteiger partial charge in [0.05, 0.1) is 11.0 Å². The highest BCUT2D eigenvalue weighted by Gasteiger charge is 2.41. The summed E-state index contributed by atoms with van der Waals surface area (Å²) in [5.74, 6) is -1.35. The van der Waals surface area contributed by atoms with Crippen LogP contribution in [0.5, 0.6) is 0 Å². The first-order chi connectivity index (χ1) is 8.83. The molecule has 1 saturated heterocycles. The minimum atomic E-state index is -0.712. The smallest absolute Gasteiger partial charge is 0.256 e. The predicted octanol–water partition coefficient (Wildman–Crippen LogP) is 1.47. The summed E-state index contributed by atoms with van der Waals surface area (Å²) >= 11 is 0. The molecule has 0 bridgehead atoms. The zero-order chi connectivity index (χ0) is 14.2. The standard InChI is InChI=1S/C14H17FN2O2/c1-9-3-4-11(15)10(7-9)12(18)17-6-5-14(2,8-17)13(16)19/h3-4,7H,5-6,8H2,1-2H3,(H2,16,19). The van der Waals surface area contributed by atoms with E-state index in [0.717, 1.165) is 5.56 Å². The summed E-state index contributed by atoms with van der Waals surface area (Å²) < 4.78 is 13.7. The van der Waals surface area contributed by atoms with E-state index in [1.54, 1.807) is 19.9 Å². The molecule has 1 aromatic carbocycles. The van der Waals surface area contributed by atoms with E-state index >= 15 is 0 Å². The van der Waals surface area contributed by atoms with Crippen LogP contribution in [0.2, 0.25) is 0 Å². The van der Waals surface area contributed by atoms with Gasteiger partial charge >= 0.3 is 0 Å². The SMILES string of the molecule is Cc1ccc(F)c(C(=O)N2CCC(C)(C(N)=O)C2)c1. The molecule has 1 aliphatic rings. The van der Waals surface area contributed by atoms with Gasteiger partial charge in [-0.25, -0.2) is 4.39 Å². The average Bonchev–Trinajstić information content (AvgIpc) is 2.76. The molecule has 1 unspecified atom stereocenters. The van der Waals surface area contributed by atoms with Crippen molar-refractivity contribution in [1.82, 2.24) is 4.90 Å². The van der Waals surface area contributed by atoms with Crippen molar-refractivity contribution in [1.29, 1.82) is 0 Å². The molecule has 19 heavy (non-hydrogen) atoms. The second kappa shape index (κ2) is 4.64. The molecule has 2 N–H and O–H groups in total. The minimum absolute atomic E-state index is 0.0497. The summed E-state index contributed by atoms with van der Waals surface area (Å²) in [6, 6.07) is 4.42. The van der Waals surface area contributed by atoms with Gasteiger partial charge in [-0.05, 0) is 32.4 Å². The van der Waals surface area contributed by atoms with E-state index in [2.05, 4.69) is 0 Å². The Morgan fingerprint density at radius 1 is 1.42 bits per heavy atom. The predicted molar refractivity (Wildman–Crippen MR) is 69.0 cm³/mol. The maximum absolute atomic E-state index is 13.7. The number of carbonyl (C=O) groups excluding carboxylic acids is 2. The molecule has 0 aliphatic carbocycles. The molecule has 5 heteroatoms. The molecule has 1 aliphatic heterocycles. The van der Waals surface area contributed by atoms with E-state index in [1.165, 1.54) is 17.0 Å². The van der Waals surface area contributed by atoms with Crippen LogP contribution in [0.1, 0.15) is 29.3 Å². The summed E-state index contributed by atoms with van der Waals surface area (Å²) in [5.41, 5.74) is 5.49. The first-order valence-electron chi connectivity index (χ1n) is 6.19. The summed E-state index contributed by atoms with van der Waals surface area (Å²) in [7, 11) is 0. The van der Waals surface area contributed by atoms with E-state index < -0.39 is 17.1 Å². The van der Waals surface area contributed by atoms with Crippen molar-refractivity contribution in [3.63, 3.8) is 0 Å². The molecular weight excluding hydrogens is 247 g/mol. The summed E-state index contributed by atoms with van der Waals surface area (Å²) in [6.45, 7) is 4.20. The molecule has 0 aromatic heterocycles. The molecule has 2 rings (SSSR count). The maximum Gasteiger partial charge on any atom is 0.256 e. The van der Waals surface area contributed by atoms with Gasteiger partial charge in [0.25, 0.3) is 5.91 Å². The third-order valence-electron chi connectivity index (χ3n) is 3.71. The topological polar surface area (TPSA) is 63.4 Å². The van der Waals surface area contributed by atoms with Crippen LogP contribution in [-0.4, -0.2) is 29.8 Å². The Morgan fingerprint density at radius 2 is 2.11 bits per heavy atom. The largest absolute Gasteiger partial charge is 0.369 e. The van der Waals surface area contributed by atoms with E-state index in [4.69, 9.17) is 5.73 Å². The molecule has 0 saturated carbocycles. The van der Waals surface area contributed by atoms with Crippen molar-refractivity contribution in [2.75, 3.05) is 13.1 Å². The highest BCUT2D eigenvalue weighted by molar-refractivity contribution is 5.95. The number of hydrogen-bond donors (Lipinski definition) is 1. The van der Waals surface area contributed by atoms with Crippen molar-refractivity contribution in [3.8, 4) is 0 Å². The number of likely N-dealkylation sites (tertiary alicyclic amines) is 1. The van der Waals surface area contributed by atoms with Crippen LogP contribution in [0.25, 0.3) is 0 Å². The Kier molecular flexibility index (Phi) is 3.30. The Labute approximate surface area is 111 Å². The number of aryl methyl sites for hydroxylation is 1. The number of hydrogen-bond acceptors (Lipinski definition) is 2. The van der Waals surface area contributed by atoms with Gasteiger partial charge < -0.3 is 10.6 Å². The third-order valence-corrected chi connectivity index (χ3v) is 3.71. The van der Waals surface area contributed by atoms with Crippen LogP contribution in [0.3, 0.4) is 0 Å². The Morgan fingerprint density at radius 3 is 2.68 bits per heavy atom. The van der Waals surface area contributed by atoms with Crippen molar-refractivity contribution in [2.24, 2.45) is 11.1 Å². The number of benzene rings is 1. The highest BCUT2D eigenvalue weighted by atomic mass is 19.1. The summed E-state index contributed by atoms with van der Waals surface area (Å²) in [6.07, 6.45) is 0.515. The lowest BCUT2D eigenvalue weighted by Gasteiger charge is -2.21. The monoisotopic (exact) mass is 264 g/mol. The average molecular weight is 264 g/mol. The van der Waals surface area contributed by atoms with Gasteiger partial charge in [0.15, 0.2) is 0 Å². The molecule has 4 nitrogen and oxygen atoms in total. The van der Waals surface area contributed by atoms with E-state index in [-0.39, 0.29) is 18.0 Å². The van der Waals surface area contributed by atoms with Crippen LogP contribution in [-0.2, 0) is 4.79 Å². The maximum atomic E-state index is 13.7. The van der Waals surface area contributed by atoms with Crippen LogP contribution in [0.4, 0.5) is 4.39 Å². The number of nitrogens with two attached hydrogens (primary N) is 1. The van der Waals surface area contributed by atoms with E-state index in [0.29, 0.717) is 13.0 Å². The number of amides is 2. The number of nitrogens with zero attached hydrogens (tertiary/aromatic N) is 1. The van der Waals surface area contributed by atoms with Crippen LogP contribution >= 0.6 is 0 Å². The fraction of sp³-hybridized carbons (Fsp3) is 0.429. The van der Waals surface area contributed by atoms with Crippen molar-refractivity contribution in [3.05, 3.63) is 35.1 Å². The zero-order valence-electron chi connectivity index (χ0n) is 11.1. The number of rotatable bonds is 2. The minimum Gasteiger partial charge on any atom is -0.369 e. The second-order valence-electron chi connectivity index (χ2n) is 5.38. The molecule has 1 heterocycles.